The standard InChI is InChI=1S/C9H16N4O/c1-3-14-5-4-11-9-6-8(10-2)12-7-13-9/h6-7H,3-5H2,1-2H3,(H2,10,11,12,13). The van der Waals surface area contributed by atoms with Crippen LogP contribution in [0.5, 0.6) is 0 Å². The summed E-state index contributed by atoms with van der Waals surface area (Å²) < 4.78 is 5.19. The predicted molar refractivity (Wildman–Crippen MR) is 56.6 cm³/mol. The number of hydrogen-bond acceptors (Lipinski definition) is 5. The highest BCUT2D eigenvalue weighted by Crippen LogP contribution is 2.06. The second kappa shape index (κ2) is 6.15. The fraction of sp³-hybridized carbons (Fsp3) is 0.556. The van der Waals surface area contributed by atoms with E-state index in [4.69, 9.17) is 4.74 Å². The molecule has 0 saturated carbocycles. The van der Waals surface area contributed by atoms with Crippen molar-refractivity contribution in [2.24, 2.45) is 0 Å². The lowest BCUT2D eigenvalue weighted by atomic mass is 10.5. The highest BCUT2D eigenvalue weighted by atomic mass is 16.5. The lowest BCUT2D eigenvalue weighted by Gasteiger charge is -2.06. The average molecular weight is 196 g/mol. The lowest BCUT2D eigenvalue weighted by molar-refractivity contribution is 0.158. The molecule has 78 valence electrons. The van der Waals surface area contributed by atoms with E-state index >= 15 is 0 Å². The van der Waals surface area contributed by atoms with Crippen molar-refractivity contribution in [1.29, 1.82) is 0 Å². The summed E-state index contributed by atoms with van der Waals surface area (Å²) >= 11 is 0. The molecule has 2 N–H and O–H groups in total. The van der Waals surface area contributed by atoms with Gasteiger partial charge in [-0.2, -0.15) is 0 Å². The number of anilines is 2. The number of hydrogen-bond donors (Lipinski definition) is 2. The first-order valence-electron chi connectivity index (χ1n) is 4.68. The van der Waals surface area contributed by atoms with Gasteiger partial charge in [-0.1, -0.05) is 0 Å². The molecule has 5 nitrogen and oxygen atoms in total. The molecule has 1 heterocycles. The summed E-state index contributed by atoms with van der Waals surface area (Å²) in [5.41, 5.74) is 0. The molecule has 14 heavy (non-hydrogen) atoms. The van der Waals surface area contributed by atoms with Crippen LogP contribution >= 0.6 is 0 Å². The zero-order valence-corrected chi connectivity index (χ0v) is 8.58. The molecule has 0 unspecified atom stereocenters. The van der Waals surface area contributed by atoms with Crippen molar-refractivity contribution in [3.8, 4) is 0 Å². The van der Waals surface area contributed by atoms with Gasteiger partial charge in [0.15, 0.2) is 0 Å². The SMILES string of the molecule is CCOCCNc1cc(NC)ncn1. The van der Waals surface area contributed by atoms with Crippen molar-refractivity contribution in [3.05, 3.63) is 12.4 Å². The van der Waals surface area contributed by atoms with Crippen LogP contribution < -0.4 is 10.6 Å². The van der Waals surface area contributed by atoms with E-state index < -0.39 is 0 Å². The summed E-state index contributed by atoms with van der Waals surface area (Å²) in [7, 11) is 1.83. The fourth-order valence-electron chi connectivity index (χ4n) is 0.986. The largest absolute Gasteiger partial charge is 0.380 e. The van der Waals surface area contributed by atoms with E-state index in [0.29, 0.717) is 6.61 Å². The molecule has 0 bridgehead atoms. The van der Waals surface area contributed by atoms with Gasteiger partial charge in [-0.25, -0.2) is 9.97 Å². The van der Waals surface area contributed by atoms with Crippen LogP contribution in [0.3, 0.4) is 0 Å². The third-order valence-corrected chi connectivity index (χ3v) is 1.68. The minimum Gasteiger partial charge on any atom is -0.380 e. The third-order valence-electron chi connectivity index (χ3n) is 1.68. The van der Waals surface area contributed by atoms with Crippen molar-refractivity contribution in [2.75, 3.05) is 37.4 Å². The topological polar surface area (TPSA) is 59.1 Å². The third kappa shape index (κ3) is 3.57. The lowest BCUT2D eigenvalue weighted by Crippen LogP contribution is -2.10. The molecule has 0 aliphatic rings. The first-order chi connectivity index (χ1) is 6.86. The first-order valence-corrected chi connectivity index (χ1v) is 4.68. The van der Waals surface area contributed by atoms with Gasteiger partial charge in [-0.3, -0.25) is 0 Å². The van der Waals surface area contributed by atoms with E-state index in [0.717, 1.165) is 24.8 Å². The van der Waals surface area contributed by atoms with Gasteiger partial charge < -0.3 is 15.4 Å². The Kier molecular flexibility index (Phi) is 4.71. The van der Waals surface area contributed by atoms with E-state index in [-0.39, 0.29) is 0 Å². The highest BCUT2D eigenvalue weighted by Gasteiger charge is 1.95. The van der Waals surface area contributed by atoms with Crippen molar-refractivity contribution in [1.82, 2.24) is 9.97 Å². The summed E-state index contributed by atoms with van der Waals surface area (Å²) in [6.07, 6.45) is 1.52. The van der Waals surface area contributed by atoms with Crippen molar-refractivity contribution >= 4 is 11.6 Å². The molecule has 1 rings (SSSR count). The Labute approximate surface area is 83.9 Å². The van der Waals surface area contributed by atoms with Crippen LogP contribution in [0.15, 0.2) is 12.4 Å². The Morgan fingerprint density at radius 1 is 1.36 bits per heavy atom. The Hall–Kier alpha value is -1.36. The Morgan fingerprint density at radius 2 is 2.14 bits per heavy atom. The van der Waals surface area contributed by atoms with Gasteiger partial charge in [0, 0.05) is 26.3 Å². The molecule has 0 atom stereocenters. The summed E-state index contributed by atoms with van der Waals surface area (Å²) in [5, 5.41) is 6.08. The summed E-state index contributed by atoms with van der Waals surface area (Å²) in [6, 6.07) is 1.85. The zero-order chi connectivity index (χ0) is 10.2. The molecule has 0 fully saturated rings. The number of aromatic nitrogens is 2. The van der Waals surface area contributed by atoms with E-state index in [2.05, 4.69) is 20.6 Å². The number of rotatable bonds is 6. The van der Waals surface area contributed by atoms with Crippen LogP contribution in [-0.2, 0) is 4.74 Å². The van der Waals surface area contributed by atoms with Gasteiger partial charge in [0.25, 0.3) is 0 Å². The number of ether oxygens (including phenoxy) is 1. The molecule has 0 radical (unpaired) electrons. The molecule has 0 amide bonds. The maximum Gasteiger partial charge on any atom is 0.131 e. The predicted octanol–water partition coefficient (Wildman–Crippen LogP) is 0.967. The van der Waals surface area contributed by atoms with E-state index in [1.165, 1.54) is 6.33 Å². The Morgan fingerprint density at radius 3 is 2.86 bits per heavy atom. The van der Waals surface area contributed by atoms with Crippen LogP contribution in [0.1, 0.15) is 6.92 Å². The fourth-order valence-corrected chi connectivity index (χ4v) is 0.986. The van der Waals surface area contributed by atoms with E-state index in [1.807, 2.05) is 20.0 Å². The Balaban J connectivity index is 2.34. The maximum absolute atomic E-state index is 5.19. The molecule has 0 aliphatic heterocycles. The minimum absolute atomic E-state index is 0.690. The molecule has 0 aliphatic carbocycles. The second-order valence-electron chi connectivity index (χ2n) is 2.66. The normalized spacial score (nSPS) is 9.86. The van der Waals surface area contributed by atoms with Gasteiger partial charge >= 0.3 is 0 Å². The first kappa shape index (κ1) is 10.7. The average Bonchev–Trinajstić information content (AvgIpc) is 2.25. The summed E-state index contributed by atoms with van der Waals surface area (Å²) in [5.74, 6) is 1.61. The van der Waals surface area contributed by atoms with Crippen LogP contribution in [0.4, 0.5) is 11.6 Å². The van der Waals surface area contributed by atoms with E-state index in [1.54, 1.807) is 0 Å². The second-order valence-corrected chi connectivity index (χ2v) is 2.66. The van der Waals surface area contributed by atoms with Gasteiger partial charge in [-0.15, -0.1) is 0 Å². The monoisotopic (exact) mass is 196 g/mol. The minimum atomic E-state index is 0.690. The molecular weight excluding hydrogens is 180 g/mol. The molecular formula is C9H16N4O. The van der Waals surface area contributed by atoms with Crippen LogP contribution in [0.25, 0.3) is 0 Å². The number of nitrogens with zero attached hydrogens (tertiary/aromatic N) is 2. The van der Waals surface area contributed by atoms with E-state index in [9.17, 15) is 0 Å². The van der Waals surface area contributed by atoms with Crippen molar-refractivity contribution in [3.63, 3.8) is 0 Å². The molecule has 0 saturated heterocycles. The van der Waals surface area contributed by atoms with Crippen LogP contribution in [0, 0.1) is 0 Å². The molecule has 1 aromatic heterocycles. The van der Waals surface area contributed by atoms with Crippen LogP contribution in [-0.4, -0.2) is 36.8 Å². The van der Waals surface area contributed by atoms with Gasteiger partial charge in [0.1, 0.15) is 18.0 Å². The summed E-state index contributed by atoms with van der Waals surface area (Å²) in [6.45, 7) is 4.17. The Bertz CT molecular complexity index is 267. The van der Waals surface area contributed by atoms with Crippen molar-refractivity contribution < 1.29 is 4.74 Å². The quantitative estimate of drug-likeness (QED) is 0.664. The van der Waals surface area contributed by atoms with Gasteiger partial charge in [0.05, 0.1) is 6.61 Å². The van der Waals surface area contributed by atoms with Gasteiger partial charge in [0.2, 0.25) is 0 Å². The number of nitrogens with one attached hydrogen (secondary N) is 2. The van der Waals surface area contributed by atoms with Crippen molar-refractivity contribution in [2.45, 2.75) is 6.92 Å². The van der Waals surface area contributed by atoms with Gasteiger partial charge in [-0.05, 0) is 6.92 Å². The molecule has 0 aromatic carbocycles. The smallest absolute Gasteiger partial charge is 0.131 e. The summed E-state index contributed by atoms with van der Waals surface area (Å²) in [4.78, 5) is 8.08. The molecule has 5 heteroatoms. The molecule has 0 spiro atoms. The van der Waals surface area contributed by atoms with Crippen LogP contribution in [0.2, 0.25) is 0 Å². The molecule has 1 aromatic rings. The zero-order valence-electron chi connectivity index (χ0n) is 8.58. The maximum atomic E-state index is 5.19. The highest BCUT2D eigenvalue weighted by molar-refractivity contribution is 5.45.